The molecule has 118 valence electrons. The number of thiazole rings is 1. The van der Waals surface area contributed by atoms with Gasteiger partial charge in [0, 0.05) is 12.1 Å². The summed E-state index contributed by atoms with van der Waals surface area (Å²) in [6.45, 7) is 0. The lowest BCUT2D eigenvalue weighted by Gasteiger charge is -2.06. The lowest BCUT2D eigenvalue weighted by molar-refractivity contribution is -0.115. The van der Waals surface area contributed by atoms with Crippen LogP contribution in [0.2, 0.25) is 0 Å². The molecule has 7 heteroatoms. The predicted molar refractivity (Wildman–Crippen MR) is 91.4 cm³/mol. The van der Waals surface area contributed by atoms with Crippen LogP contribution in [0.5, 0.6) is 0 Å². The van der Waals surface area contributed by atoms with Crippen LogP contribution in [0.15, 0.2) is 58.9 Å². The zero-order valence-electron chi connectivity index (χ0n) is 12.1. The predicted octanol–water partition coefficient (Wildman–Crippen LogP) is 3.10. The second-order valence-electron chi connectivity index (χ2n) is 4.96. The summed E-state index contributed by atoms with van der Waals surface area (Å²) in [6.07, 6.45) is -0.0854. The van der Waals surface area contributed by atoms with E-state index in [1.165, 1.54) is 23.5 Å². The van der Waals surface area contributed by atoms with Crippen LogP contribution < -0.4 is 5.32 Å². The highest BCUT2D eigenvalue weighted by atomic mass is 32.2. The van der Waals surface area contributed by atoms with Crippen LogP contribution in [0.1, 0.15) is 6.42 Å². The van der Waals surface area contributed by atoms with E-state index >= 15 is 0 Å². The zero-order chi connectivity index (χ0) is 16.3. The second-order valence-corrected chi connectivity index (χ2v) is 7.96. The molecular weight excluding hydrogens is 332 g/mol. The fraction of sp³-hybridized carbons (Fsp3) is 0.125. The van der Waals surface area contributed by atoms with Gasteiger partial charge in [0.05, 0.1) is 26.4 Å². The van der Waals surface area contributed by atoms with Crippen molar-refractivity contribution >= 4 is 43.0 Å². The van der Waals surface area contributed by atoms with Crippen LogP contribution in [-0.4, -0.2) is 25.1 Å². The number of fused-ring (bicyclic) bond motifs is 1. The number of carbonyl (C=O) groups is 1. The Morgan fingerprint density at radius 1 is 1.13 bits per heavy atom. The number of carbonyl (C=O) groups excluding carboxylic acids is 1. The number of rotatable bonds is 5. The minimum atomic E-state index is -3.44. The fourth-order valence-electron chi connectivity index (χ4n) is 2.13. The minimum absolute atomic E-state index is 0.0854. The zero-order valence-corrected chi connectivity index (χ0v) is 13.7. The Morgan fingerprint density at radius 3 is 2.70 bits per heavy atom. The van der Waals surface area contributed by atoms with Crippen molar-refractivity contribution in [2.45, 2.75) is 11.3 Å². The van der Waals surface area contributed by atoms with Gasteiger partial charge < -0.3 is 5.32 Å². The molecule has 0 radical (unpaired) electrons. The SMILES string of the molecule is O=C(CCS(=O)(=O)c1ccccc1)Nc1ccc2ncsc2c1. The van der Waals surface area contributed by atoms with Gasteiger partial charge in [-0.15, -0.1) is 11.3 Å². The molecule has 0 aliphatic rings. The molecule has 0 aliphatic carbocycles. The van der Waals surface area contributed by atoms with E-state index in [9.17, 15) is 13.2 Å². The van der Waals surface area contributed by atoms with Crippen LogP contribution in [0.25, 0.3) is 10.2 Å². The summed E-state index contributed by atoms with van der Waals surface area (Å²) in [7, 11) is -3.44. The first-order chi connectivity index (χ1) is 11.0. The highest BCUT2D eigenvalue weighted by Crippen LogP contribution is 2.22. The highest BCUT2D eigenvalue weighted by molar-refractivity contribution is 7.91. The molecule has 0 fully saturated rings. The van der Waals surface area contributed by atoms with Crippen LogP contribution in [0.3, 0.4) is 0 Å². The van der Waals surface area contributed by atoms with Crippen LogP contribution in [0, 0.1) is 0 Å². The molecule has 0 unspecified atom stereocenters. The molecule has 1 amide bonds. The standard InChI is InChI=1S/C16H14N2O3S2/c19-16(8-9-23(20,21)13-4-2-1-3-5-13)18-12-6-7-14-15(10-12)22-11-17-14/h1-7,10-11H,8-9H2,(H,18,19). The van der Waals surface area contributed by atoms with Gasteiger partial charge in [0.1, 0.15) is 0 Å². The number of anilines is 1. The van der Waals surface area contributed by atoms with E-state index < -0.39 is 9.84 Å². The van der Waals surface area contributed by atoms with Gasteiger partial charge in [0.15, 0.2) is 9.84 Å². The van der Waals surface area contributed by atoms with Gasteiger partial charge >= 0.3 is 0 Å². The third kappa shape index (κ3) is 3.75. The van der Waals surface area contributed by atoms with E-state index in [-0.39, 0.29) is 23.0 Å². The first kappa shape index (κ1) is 15.6. The molecule has 1 heterocycles. The van der Waals surface area contributed by atoms with Crippen LogP contribution in [0.4, 0.5) is 5.69 Å². The van der Waals surface area contributed by atoms with Gasteiger partial charge in [0.25, 0.3) is 0 Å². The third-order valence-corrected chi connectivity index (χ3v) is 5.84. The molecule has 1 N–H and O–H groups in total. The van der Waals surface area contributed by atoms with Gasteiger partial charge in [-0.2, -0.15) is 0 Å². The van der Waals surface area contributed by atoms with Gasteiger partial charge in [-0.25, -0.2) is 13.4 Å². The molecule has 0 bridgehead atoms. The maximum absolute atomic E-state index is 12.1. The molecule has 0 atom stereocenters. The van der Waals surface area contributed by atoms with Crippen molar-refractivity contribution in [1.29, 1.82) is 0 Å². The molecule has 3 rings (SSSR count). The Morgan fingerprint density at radius 2 is 1.91 bits per heavy atom. The number of nitrogens with one attached hydrogen (secondary N) is 1. The maximum atomic E-state index is 12.1. The number of hydrogen-bond acceptors (Lipinski definition) is 5. The van der Waals surface area contributed by atoms with E-state index in [1.54, 1.807) is 29.8 Å². The molecule has 0 spiro atoms. The maximum Gasteiger partial charge on any atom is 0.225 e. The summed E-state index contributed by atoms with van der Waals surface area (Å²) in [5, 5.41) is 2.72. The lowest BCUT2D eigenvalue weighted by Crippen LogP contribution is -2.17. The molecule has 0 aliphatic heterocycles. The number of amides is 1. The normalized spacial score (nSPS) is 11.5. The van der Waals surface area contributed by atoms with E-state index in [4.69, 9.17) is 0 Å². The quantitative estimate of drug-likeness (QED) is 0.770. The summed E-state index contributed by atoms with van der Waals surface area (Å²) in [4.78, 5) is 16.4. The average Bonchev–Trinajstić information content (AvgIpc) is 3.02. The average molecular weight is 346 g/mol. The van der Waals surface area contributed by atoms with Crippen molar-refractivity contribution in [3.63, 3.8) is 0 Å². The monoisotopic (exact) mass is 346 g/mol. The Hall–Kier alpha value is -2.25. The number of aromatic nitrogens is 1. The Balaban J connectivity index is 1.63. The van der Waals surface area contributed by atoms with E-state index in [0.29, 0.717) is 5.69 Å². The highest BCUT2D eigenvalue weighted by Gasteiger charge is 2.16. The molecule has 1 aromatic heterocycles. The molecule has 3 aromatic rings. The summed E-state index contributed by atoms with van der Waals surface area (Å²) in [5.41, 5.74) is 3.26. The number of benzene rings is 2. The fourth-order valence-corrected chi connectivity index (χ4v) is 4.11. The summed E-state index contributed by atoms with van der Waals surface area (Å²) in [5.74, 6) is -0.542. The van der Waals surface area contributed by atoms with Crippen molar-refractivity contribution in [1.82, 2.24) is 4.98 Å². The van der Waals surface area contributed by atoms with Gasteiger partial charge in [0.2, 0.25) is 5.91 Å². The topological polar surface area (TPSA) is 76.1 Å². The van der Waals surface area contributed by atoms with Crippen molar-refractivity contribution in [3.8, 4) is 0 Å². The lowest BCUT2D eigenvalue weighted by atomic mass is 10.3. The number of sulfone groups is 1. The molecule has 2 aromatic carbocycles. The Bertz CT molecular complexity index is 934. The first-order valence-electron chi connectivity index (χ1n) is 6.95. The van der Waals surface area contributed by atoms with Crippen molar-refractivity contribution in [2.24, 2.45) is 0 Å². The van der Waals surface area contributed by atoms with E-state index in [1.807, 2.05) is 12.1 Å². The van der Waals surface area contributed by atoms with Crippen LogP contribution >= 0.6 is 11.3 Å². The smallest absolute Gasteiger partial charge is 0.225 e. The Labute approximate surface area is 137 Å². The van der Waals surface area contributed by atoms with Crippen molar-refractivity contribution < 1.29 is 13.2 Å². The summed E-state index contributed by atoms with van der Waals surface area (Å²) >= 11 is 1.49. The van der Waals surface area contributed by atoms with Crippen molar-refractivity contribution in [2.75, 3.05) is 11.1 Å². The summed E-state index contributed by atoms with van der Waals surface area (Å²) in [6, 6.07) is 13.6. The first-order valence-corrected chi connectivity index (χ1v) is 9.49. The molecule has 0 saturated carbocycles. The summed E-state index contributed by atoms with van der Waals surface area (Å²) < 4.78 is 25.3. The second kappa shape index (κ2) is 6.47. The van der Waals surface area contributed by atoms with E-state index in [2.05, 4.69) is 10.3 Å². The van der Waals surface area contributed by atoms with E-state index in [0.717, 1.165) is 10.2 Å². The third-order valence-electron chi connectivity index (χ3n) is 3.32. The number of nitrogens with zero attached hydrogens (tertiary/aromatic N) is 1. The Kier molecular flexibility index (Phi) is 4.40. The minimum Gasteiger partial charge on any atom is -0.326 e. The molecule has 23 heavy (non-hydrogen) atoms. The van der Waals surface area contributed by atoms with Gasteiger partial charge in [-0.1, -0.05) is 18.2 Å². The molecular formula is C16H14N2O3S2. The number of hydrogen-bond donors (Lipinski definition) is 1. The van der Waals surface area contributed by atoms with Gasteiger partial charge in [-0.05, 0) is 30.3 Å². The molecule has 5 nitrogen and oxygen atoms in total. The van der Waals surface area contributed by atoms with Crippen molar-refractivity contribution in [3.05, 3.63) is 54.0 Å². The van der Waals surface area contributed by atoms with Crippen LogP contribution in [-0.2, 0) is 14.6 Å². The van der Waals surface area contributed by atoms with Gasteiger partial charge in [-0.3, -0.25) is 4.79 Å². The largest absolute Gasteiger partial charge is 0.326 e. The molecule has 0 saturated heterocycles.